The van der Waals surface area contributed by atoms with E-state index < -0.39 is 53.6 Å². The maximum absolute atomic E-state index is 12.8. The van der Waals surface area contributed by atoms with Crippen LogP contribution in [0.1, 0.15) is 10.8 Å². The third-order valence-electron chi connectivity index (χ3n) is 5.02. The van der Waals surface area contributed by atoms with Crippen LogP contribution < -0.4 is 109 Å². The number of hydrogen-bond acceptors (Lipinski definition) is 14. The van der Waals surface area contributed by atoms with Gasteiger partial charge in [-0.05, 0) is 27.4 Å². The molecule has 0 spiro atoms. The molecule has 0 radical (unpaired) electrons. The molecule has 1 fully saturated rings. The van der Waals surface area contributed by atoms with Crippen molar-refractivity contribution in [3.63, 3.8) is 0 Å². The molecule has 2 aromatic rings. The van der Waals surface area contributed by atoms with Crippen LogP contribution >= 0.6 is 34.9 Å². The van der Waals surface area contributed by atoms with Crippen LogP contribution in [0.3, 0.4) is 0 Å². The smallest absolute Gasteiger partial charge is 0.549 e. The summed E-state index contributed by atoms with van der Waals surface area (Å²) >= 11 is 3.18. The van der Waals surface area contributed by atoms with Crippen LogP contribution in [0.25, 0.3) is 0 Å². The zero-order valence-corrected chi connectivity index (χ0v) is 28.8. The van der Waals surface area contributed by atoms with Gasteiger partial charge in [-0.3, -0.25) is 14.5 Å². The molecule has 3 atom stereocenters. The molecular weight excluding hydrogens is 593 g/mol. The topological polar surface area (TPSA) is 213 Å². The number of fused-ring (bicyclic) bond motifs is 1. The Morgan fingerprint density at radius 3 is 2.47 bits per heavy atom. The first-order chi connectivity index (χ1) is 16.7. The normalized spacial score (nSPS) is 18.5. The first-order valence-corrected chi connectivity index (χ1v) is 12.6. The number of carbonyl (C=O) groups excluding carboxylic acids is 5. The average molecular weight is 607 g/mol. The number of hydrogen-bond donors (Lipinski definition) is 1. The van der Waals surface area contributed by atoms with Gasteiger partial charge in [0, 0.05) is 16.4 Å². The van der Waals surface area contributed by atoms with Crippen LogP contribution in [-0.4, -0.2) is 77.8 Å². The molecule has 4 heterocycles. The number of thiophene rings is 1. The second kappa shape index (κ2) is 15.5. The van der Waals surface area contributed by atoms with E-state index in [9.17, 15) is 39.3 Å². The van der Waals surface area contributed by atoms with Crippen molar-refractivity contribution >= 4 is 64.6 Å². The van der Waals surface area contributed by atoms with Crippen LogP contribution in [0.2, 0.25) is 0 Å². The van der Waals surface area contributed by atoms with Crippen molar-refractivity contribution in [1.82, 2.24) is 30.4 Å². The summed E-state index contributed by atoms with van der Waals surface area (Å²) in [6, 6.07) is 1.90. The second-order valence-electron chi connectivity index (χ2n) is 7.18. The maximum atomic E-state index is 12.8. The molecule has 0 saturated carbocycles. The Bertz CT molecular complexity index is 1240. The molecule has 1 saturated heterocycles. The monoisotopic (exact) mass is 606 g/mol. The maximum Gasteiger partial charge on any atom is 1.00 e. The van der Waals surface area contributed by atoms with Gasteiger partial charge in [-0.1, -0.05) is 17.8 Å². The predicted octanol–water partition coefficient (Wildman–Crippen LogP) is -13.5. The van der Waals surface area contributed by atoms with Gasteiger partial charge in [-0.2, -0.15) is 0 Å². The fourth-order valence-corrected chi connectivity index (χ4v) is 6.67. The Labute approximate surface area is 293 Å². The molecule has 2 aliphatic rings. The number of aliphatic carboxylic acids is 3. The van der Waals surface area contributed by atoms with Gasteiger partial charge in [-0.25, -0.2) is 4.68 Å². The van der Waals surface area contributed by atoms with Gasteiger partial charge in [0.05, 0.1) is 30.1 Å². The van der Waals surface area contributed by atoms with E-state index in [4.69, 9.17) is 0 Å². The van der Waals surface area contributed by atoms with E-state index in [0.29, 0.717) is 5.57 Å². The summed E-state index contributed by atoms with van der Waals surface area (Å²) in [5.74, 6) is -7.76. The number of carboxylic acid groups (broad SMARTS) is 3. The van der Waals surface area contributed by atoms with Gasteiger partial charge in [0.25, 0.3) is 5.91 Å². The summed E-state index contributed by atoms with van der Waals surface area (Å²) in [7, 11) is 0. The fourth-order valence-electron chi connectivity index (χ4n) is 3.50. The summed E-state index contributed by atoms with van der Waals surface area (Å²) in [6.07, 6.45) is 0. The minimum absolute atomic E-state index is 0. The molecule has 2 aromatic heterocycles. The molecule has 1 N–H and O–H groups in total. The molecule has 0 aliphatic carbocycles. The standard InChI is InChI=1S/C18H16N6O8S3.3Na/c25-9(26)4-23-18(20-21-22-23)35-6-7-5-34-15-11(14(28)24(15)12(7)17(31)32)19-13(27)10(16(29)30)8-2-1-3-33-8;;;/h1-3,10-11,15H,4-6H2,(H,19,27)(H,25,26)(H,29,30)(H,31,32);;;/q;3*+1/p-3/t10?,11?,15-;;;/m1.../s1. The summed E-state index contributed by atoms with van der Waals surface area (Å²) in [5.41, 5.74) is -0.0612. The number of carboxylic acids is 3. The Morgan fingerprint density at radius 2 is 1.89 bits per heavy atom. The van der Waals surface area contributed by atoms with E-state index in [1.165, 1.54) is 17.8 Å². The molecule has 184 valence electrons. The fraction of sp³-hybridized carbons (Fsp3) is 0.333. The summed E-state index contributed by atoms with van der Waals surface area (Å²) < 4.78 is 0.972. The van der Waals surface area contributed by atoms with Gasteiger partial charge in [0.1, 0.15) is 17.3 Å². The van der Waals surface area contributed by atoms with Crippen molar-refractivity contribution < 1.29 is 128 Å². The molecule has 20 heteroatoms. The van der Waals surface area contributed by atoms with Crippen molar-refractivity contribution in [3.8, 4) is 0 Å². The molecule has 2 unspecified atom stereocenters. The minimum Gasteiger partial charge on any atom is -0.549 e. The van der Waals surface area contributed by atoms with Crippen molar-refractivity contribution in [1.29, 1.82) is 0 Å². The zero-order valence-electron chi connectivity index (χ0n) is 20.3. The van der Waals surface area contributed by atoms with Crippen molar-refractivity contribution in [2.24, 2.45) is 0 Å². The number of nitrogens with one attached hydrogen (secondary N) is 1. The first kappa shape index (κ1) is 35.6. The zero-order chi connectivity index (χ0) is 25.3. The number of rotatable bonds is 10. The van der Waals surface area contributed by atoms with Gasteiger partial charge >= 0.3 is 88.7 Å². The van der Waals surface area contributed by atoms with E-state index in [0.717, 1.165) is 32.7 Å². The molecule has 2 aliphatic heterocycles. The Morgan fingerprint density at radius 1 is 1.18 bits per heavy atom. The summed E-state index contributed by atoms with van der Waals surface area (Å²) in [4.78, 5) is 60.8. The Hall–Kier alpha value is -0.440. The predicted molar refractivity (Wildman–Crippen MR) is 113 cm³/mol. The molecule has 38 heavy (non-hydrogen) atoms. The molecule has 0 bridgehead atoms. The largest absolute Gasteiger partial charge is 1.00 e. The van der Waals surface area contributed by atoms with Gasteiger partial charge < -0.3 is 35.0 Å². The Kier molecular flexibility index (Phi) is 14.5. The van der Waals surface area contributed by atoms with E-state index in [-0.39, 0.29) is 116 Å². The number of nitrogens with zero attached hydrogens (tertiary/aromatic N) is 5. The first-order valence-electron chi connectivity index (χ1n) is 9.70. The number of aromatic nitrogens is 4. The van der Waals surface area contributed by atoms with Gasteiger partial charge in [0.2, 0.25) is 11.1 Å². The molecule has 14 nitrogen and oxygen atoms in total. The van der Waals surface area contributed by atoms with Crippen LogP contribution in [0.4, 0.5) is 0 Å². The molecule has 0 aromatic carbocycles. The van der Waals surface area contributed by atoms with E-state index in [1.807, 2.05) is 0 Å². The van der Waals surface area contributed by atoms with Crippen molar-refractivity contribution in [3.05, 3.63) is 33.7 Å². The third kappa shape index (κ3) is 7.64. The van der Waals surface area contributed by atoms with Crippen molar-refractivity contribution in [2.45, 2.75) is 29.0 Å². The average Bonchev–Trinajstić information content (AvgIpc) is 3.47. The van der Waals surface area contributed by atoms with Crippen LogP contribution in [-0.2, 0) is 30.5 Å². The van der Waals surface area contributed by atoms with E-state index in [1.54, 1.807) is 11.4 Å². The summed E-state index contributed by atoms with van der Waals surface area (Å²) in [5, 5.41) is 48.1. The minimum atomic E-state index is -1.62. The number of tetrazole rings is 1. The molecule has 2 amide bonds. The summed E-state index contributed by atoms with van der Waals surface area (Å²) in [6.45, 7) is -0.594. The number of carbonyl (C=O) groups is 5. The SMILES string of the molecule is O=C([O-])Cn1nnnc1SCC1=C(C(=O)[O-])N2C(=O)C(NC(=O)C(C(=O)[O-])c3cccs3)[C@H]2SC1.[Na+].[Na+].[Na+]. The number of thioether (sulfide) groups is 2. The third-order valence-corrected chi connectivity index (χ3v) is 8.34. The van der Waals surface area contributed by atoms with Crippen LogP contribution in [0, 0.1) is 0 Å². The molecule has 4 rings (SSSR count). The number of β-lactam (4-membered cyclic amide) rings is 1. The number of amides is 2. The van der Waals surface area contributed by atoms with Crippen molar-refractivity contribution in [2.75, 3.05) is 11.5 Å². The quantitative estimate of drug-likeness (QED) is 0.115. The van der Waals surface area contributed by atoms with E-state index in [2.05, 4.69) is 20.8 Å². The van der Waals surface area contributed by atoms with Gasteiger partial charge in [-0.15, -0.1) is 28.2 Å². The molecular formula is C18H13N6Na3O8S3. The van der Waals surface area contributed by atoms with Crippen LogP contribution in [0.5, 0.6) is 0 Å². The van der Waals surface area contributed by atoms with Crippen LogP contribution in [0.15, 0.2) is 33.9 Å². The second-order valence-corrected chi connectivity index (χ2v) is 10.2. The Balaban J connectivity index is 0.00000241. The van der Waals surface area contributed by atoms with Gasteiger partial charge in [0.15, 0.2) is 0 Å². The van der Waals surface area contributed by atoms with E-state index >= 15 is 0 Å².